The number of fused-ring (bicyclic) bond motifs is 1. The topological polar surface area (TPSA) is 48.0 Å². The molecule has 3 rings (SSSR count). The molecule has 2 aromatic carbocycles. The third-order valence-corrected chi connectivity index (χ3v) is 4.76. The number of halogens is 1. The Morgan fingerprint density at radius 1 is 1.15 bits per heavy atom. The second-order valence-corrected chi connectivity index (χ2v) is 6.44. The third kappa shape index (κ3) is 3.58. The summed E-state index contributed by atoms with van der Waals surface area (Å²) in [4.78, 5) is 14.0. The van der Waals surface area contributed by atoms with Gasteiger partial charge in [0.15, 0.2) is 11.5 Å². The van der Waals surface area contributed by atoms with Gasteiger partial charge in [-0.05, 0) is 35.4 Å². The van der Waals surface area contributed by atoms with Crippen molar-refractivity contribution in [1.29, 1.82) is 0 Å². The van der Waals surface area contributed by atoms with E-state index < -0.39 is 0 Å². The molecule has 1 aliphatic rings. The van der Waals surface area contributed by atoms with Gasteiger partial charge in [-0.3, -0.25) is 4.79 Å². The first-order chi connectivity index (χ1) is 12.6. The molecule has 138 valence electrons. The second kappa shape index (κ2) is 7.87. The van der Waals surface area contributed by atoms with Gasteiger partial charge in [0.25, 0.3) is 0 Å². The summed E-state index contributed by atoms with van der Waals surface area (Å²) < 4.78 is 16.6. The number of amides is 1. The largest absolute Gasteiger partial charge is 0.495 e. The Bertz CT molecular complexity index is 822. The van der Waals surface area contributed by atoms with Crippen LogP contribution >= 0.6 is 11.6 Å². The summed E-state index contributed by atoms with van der Waals surface area (Å²) >= 11 is 6.27. The average Bonchev–Trinajstić information content (AvgIpc) is 2.88. The van der Waals surface area contributed by atoms with Crippen LogP contribution in [-0.2, 0) is 11.3 Å². The van der Waals surface area contributed by atoms with Crippen LogP contribution in [0.4, 0.5) is 0 Å². The Balaban J connectivity index is 2.05. The number of carbonyl (C=O) groups excluding carboxylic acids is 1. The van der Waals surface area contributed by atoms with E-state index in [1.807, 2.05) is 42.2 Å². The molecule has 5 nitrogen and oxygen atoms in total. The van der Waals surface area contributed by atoms with Crippen molar-refractivity contribution in [2.24, 2.45) is 0 Å². The molecule has 2 aromatic rings. The Hall–Kier alpha value is -2.40. The number of benzene rings is 2. The maximum atomic E-state index is 12.2. The zero-order valence-corrected chi connectivity index (χ0v) is 15.9. The molecular formula is C20H22ClNO4. The van der Waals surface area contributed by atoms with Gasteiger partial charge in [0.1, 0.15) is 12.4 Å². The van der Waals surface area contributed by atoms with Crippen LogP contribution in [0.15, 0.2) is 30.3 Å². The molecule has 0 atom stereocenters. The first kappa shape index (κ1) is 18.4. The van der Waals surface area contributed by atoms with E-state index in [4.69, 9.17) is 25.8 Å². The van der Waals surface area contributed by atoms with Crippen LogP contribution in [0.1, 0.15) is 18.9 Å². The summed E-state index contributed by atoms with van der Waals surface area (Å²) in [5.74, 6) is 2.08. The van der Waals surface area contributed by atoms with Gasteiger partial charge < -0.3 is 19.1 Å². The zero-order chi connectivity index (χ0) is 18.7. The highest BCUT2D eigenvalue weighted by atomic mass is 35.5. The van der Waals surface area contributed by atoms with Crippen molar-refractivity contribution >= 4 is 17.5 Å². The lowest BCUT2D eigenvalue weighted by molar-refractivity contribution is -0.131. The van der Waals surface area contributed by atoms with Crippen LogP contribution in [0.2, 0.25) is 5.02 Å². The molecule has 1 heterocycles. The first-order valence-electron chi connectivity index (χ1n) is 8.52. The predicted octanol–water partition coefficient (Wildman–Crippen LogP) is 4.16. The van der Waals surface area contributed by atoms with Crippen molar-refractivity contribution in [2.45, 2.75) is 19.9 Å². The lowest BCUT2D eigenvalue weighted by Crippen LogP contribution is -2.31. The molecule has 6 heteroatoms. The molecule has 0 radical (unpaired) electrons. The van der Waals surface area contributed by atoms with Gasteiger partial charge in [-0.25, -0.2) is 0 Å². The number of nitrogens with zero attached hydrogens (tertiary/aromatic N) is 1. The minimum Gasteiger partial charge on any atom is -0.495 e. The van der Waals surface area contributed by atoms with Crippen molar-refractivity contribution in [3.63, 3.8) is 0 Å². The second-order valence-electron chi connectivity index (χ2n) is 6.03. The highest BCUT2D eigenvalue weighted by molar-refractivity contribution is 6.32. The number of methoxy groups -OCH3 is 2. The van der Waals surface area contributed by atoms with Gasteiger partial charge in [0, 0.05) is 18.5 Å². The van der Waals surface area contributed by atoms with Gasteiger partial charge in [-0.15, -0.1) is 0 Å². The third-order valence-electron chi connectivity index (χ3n) is 4.46. The van der Waals surface area contributed by atoms with Gasteiger partial charge in [-0.1, -0.05) is 24.6 Å². The molecule has 0 bridgehead atoms. The maximum Gasteiger partial charge on any atom is 0.222 e. The maximum absolute atomic E-state index is 12.2. The molecule has 0 saturated carbocycles. The van der Waals surface area contributed by atoms with Crippen LogP contribution in [0.3, 0.4) is 0 Å². The highest BCUT2D eigenvalue weighted by Gasteiger charge is 2.22. The number of ether oxygens (including phenoxy) is 3. The standard InChI is InChI=1S/C20H22ClNO4/c1-4-19(23)22-7-8-26-20-15(12-22)9-14(11-18(20)25-3)13-5-6-17(24-2)16(21)10-13/h5-6,9-11H,4,7-8,12H2,1-3H3. The van der Waals surface area contributed by atoms with E-state index in [-0.39, 0.29) is 5.91 Å². The summed E-state index contributed by atoms with van der Waals surface area (Å²) in [7, 11) is 3.20. The van der Waals surface area contributed by atoms with E-state index in [2.05, 4.69) is 0 Å². The minimum atomic E-state index is 0.110. The fourth-order valence-electron chi connectivity index (χ4n) is 3.08. The zero-order valence-electron chi connectivity index (χ0n) is 15.2. The van der Waals surface area contributed by atoms with Gasteiger partial charge in [-0.2, -0.15) is 0 Å². The van der Waals surface area contributed by atoms with Crippen LogP contribution in [0.25, 0.3) is 11.1 Å². The van der Waals surface area contributed by atoms with Gasteiger partial charge >= 0.3 is 0 Å². The fraction of sp³-hybridized carbons (Fsp3) is 0.350. The molecule has 0 saturated heterocycles. The lowest BCUT2D eigenvalue weighted by atomic mass is 10.0. The smallest absolute Gasteiger partial charge is 0.222 e. The van der Waals surface area contributed by atoms with E-state index in [0.717, 1.165) is 16.7 Å². The molecule has 1 amide bonds. The number of hydrogen-bond donors (Lipinski definition) is 0. The van der Waals surface area contributed by atoms with E-state index in [1.54, 1.807) is 14.2 Å². The van der Waals surface area contributed by atoms with Crippen LogP contribution < -0.4 is 14.2 Å². The Morgan fingerprint density at radius 2 is 1.92 bits per heavy atom. The first-order valence-corrected chi connectivity index (χ1v) is 8.90. The summed E-state index contributed by atoms with van der Waals surface area (Å²) in [6.07, 6.45) is 0.472. The average molecular weight is 376 g/mol. The van der Waals surface area contributed by atoms with Crippen molar-refractivity contribution < 1.29 is 19.0 Å². The highest BCUT2D eigenvalue weighted by Crippen LogP contribution is 2.39. The Kier molecular flexibility index (Phi) is 5.57. The van der Waals surface area contributed by atoms with E-state index in [1.165, 1.54) is 0 Å². The summed E-state index contributed by atoms with van der Waals surface area (Å²) in [5, 5.41) is 0.540. The molecule has 26 heavy (non-hydrogen) atoms. The lowest BCUT2D eigenvalue weighted by Gasteiger charge is -2.19. The van der Waals surface area contributed by atoms with Crippen molar-refractivity contribution in [2.75, 3.05) is 27.4 Å². The molecule has 0 unspecified atom stereocenters. The van der Waals surface area contributed by atoms with Crippen molar-refractivity contribution in [3.05, 3.63) is 40.9 Å². The number of hydrogen-bond acceptors (Lipinski definition) is 4. The molecule has 0 spiro atoms. The van der Waals surface area contributed by atoms with E-state index >= 15 is 0 Å². The molecule has 0 aliphatic carbocycles. The Morgan fingerprint density at radius 3 is 2.58 bits per heavy atom. The molecule has 0 aromatic heterocycles. The number of rotatable bonds is 4. The Labute approximate surface area is 158 Å². The van der Waals surface area contributed by atoms with E-state index in [9.17, 15) is 4.79 Å². The van der Waals surface area contributed by atoms with Crippen LogP contribution in [0.5, 0.6) is 17.2 Å². The van der Waals surface area contributed by atoms with Crippen LogP contribution in [0, 0.1) is 0 Å². The summed E-state index contributed by atoms with van der Waals surface area (Å²) in [6, 6.07) is 9.58. The van der Waals surface area contributed by atoms with E-state index in [0.29, 0.717) is 48.4 Å². The molecular weight excluding hydrogens is 354 g/mol. The summed E-state index contributed by atoms with van der Waals surface area (Å²) in [5.41, 5.74) is 2.81. The SMILES string of the molecule is CCC(=O)N1CCOc2c(cc(-c3ccc(OC)c(Cl)c3)cc2OC)C1. The van der Waals surface area contributed by atoms with Gasteiger partial charge in [0.2, 0.25) is 5.91 Å². The monoisotopic (exact) mass is 375 g/mol. The predicted molar refractivity (Wildman–Crippen MR) is 101 cm³/mol. The quantitative estimate of drug-likeness (QED) is 0.805. The van der Waals surface area contributed by atoms with Crippen molar-refractivity contribution in [1.82, 2.24) is 4.90 Å². The molecule has 0 N–H and O–H groups in total. The normalized spacial score (nSPS) is 13.5. The van der Waals surface area contributed by atoms with Crippen molar-refractivity contribution in [3.8, 4) is 28.4 Å². The molecule has 1 aliphatic heterocycles. The summed E-state index contributed by atoms with van der Waals surface area (Å²) in [6.45, 7) is 3.37. The van der Waals surface area contributed by atoms with Crippen LogP contribution in [-0.4, -0.2) is 38.2 Å². The molecule has 0 fully saturated rings. The number of carbonyl (C=O) groups is 1. The minimum absolute atomic E-state index is 0.110. The fourth-order valence-corrected chi connectivity index (χ4v) is 3.34. The van der Waals surface area contributed by atoms with Gasteiger partial charge in [0.05, 0.1) is 25.8 Å².